The maximum atomic E-state index is 13.2. The monoisotopic (exact) mass is 456 g/mol. The largest absolute Gasteiger partial charge is 0.293 e. The number of hydrazone groups is 1. The van der Waals surface area contributed by atoms with Gasteiger partial charge in [-0.25, -0.2) is 4.90 Å². The van der Waals surface area contributed by atoms with Gasteiger partial charge < -0.3 is 0 Å². The van der Waals surface area contributed by atoms with Crippen molar-refractivity contribution < 1.29 is 19.3 Å². The topological polar surface area (TPSA) is 113 Å². The lowest BCUT2D eigenvalue weighted by atomic mass is 9.95. The normalized spacial score (nSPS) is 20.7. The van der Waals surface area contributed by atoms with Crippen LogP contribution in [0.3, 0.4) is 0 Å². The summed E-state index contributed by atoms with van der Waals surface area (Å²) in [6.45, 7) is 1.27. The first-order valence-corrected chi connectivity index (χ1v) is 9.35. The van der Waals surface area contributed by atoms with E-state index in [2.05, 4.69) is 21.0 Å². The van der Waals surface area contributed by atoms with Crippen molar-refractivity contribution in [1.82, 2.24) is 0 Å². The third-order valence-electron chi connectivity index (χ3n) is 4.80. The van der Waals surface area contributed by atoms with E-state index in [9.17, 15) is 24.5 Å². The molecule has 0 aromatic heterocycles. The second kappa shape index (κ2) is 6.89. The van der Waals surface area contributed by atoms with Crippen molar-refractivity contribution in [1.29, 1.82) is 0 Å². The molecule has 0 saturated carbocycles. The number of anilines is 2. The van der Waals surface area contributed by atoms with Gasteiger partial charge in [0.05, 0.1) is 16.3 Å². The van der Waals surface area contributed by atoms with Gasteiger partial charge in [-0.15, -0.1) is 0 Å². The van der Waals surface area contributed by atoms with Gasteiger partial charge >= 0.3 is 0 Å². The van der Waals surface area contributed by atoms with E-state index in [4.69, 9.17) is 0 Å². The molecule has 1 fully saturated rings. The average Bonchev–Trinajstić information content (AvgIpc) is 3.20. The Kier molecular flexibility index (Phi) is 4.50. The summed E-state index contributed by atoms with van der Waals surface area (Å²) < 4.78 is 0.782. The first-order valence-electron chi connectivity index (χ1n) is 8.56. The van der Waals surface area contributed by atoms with E-state index in [1.165, 1.54) is 36.2 Å². The summed E-state index contributed by atoms with van der Waals surface area (Å²) in [7, 11) is 0. The SMILES string of the molecule is CC(=O)C1=NN(c2cccc([N+](=O)[O-])c2)[C@H]2C(=O)N(c3ccc(Br)cc3)C(=O)[C@H]12. The van der Waals surface area contributed by atoms with Crippen molar-refractivity contribution in [2.24, 2.45) is 11.0 Å². The molecule has 1 saturated heterocycles. The van der Waals surface area contributed by atoms with Crippen LogP contribution < -0.4 is 9.91 Å². The highest BCUT2D eigenvalue weighted by atomic mass is 79.9. The van der Waals surface area contributed by atoms with Crippen molar-refractivity contribution >= 4 is 56.3 Å². The number of carbonyl (C=O) groups is 3. The molecule has 2 aromatic rings. The van der Waals surface area contributed by atoms with Gasteiger partial charge in [0.15, 0.2) is 5.78 Å². The predicted molar refractivity (Wildman–Crippen MR) is 108 cm³/mol. The van der Waals surface area contributed by atoms with E-state index < -0.39 is 34.5 Å². The fourth-order valence-electron chi connectivity index (χ4n) is 3.51. The number of hydrogen-bond acceptors (Lipinski definition) is 7. The summed E-state index contributed by atoms with van der Waals surface area (Å²) in [4.78, 5) is 50.0. The summed E-state index contributed by atoms with van der Waals surface area (Å²) in [6.07, 6.45) is 0. The molecule has 2 heterocycles. The molecular weight excluding hydrogens is 444 g/mol. The minimum absolute atomic E-state index is 0.0422. The van der Waals surface area contributed by atoms with Crippen LogP contribution in [0.5, 0.6) is 0 Å². The van der Waals surface area contributed by atoms with E-state index in [0.717, 1.165) is 9.37 Å². The van der Waals surface area contributed by atoms with Gasteiger partial charge in [0.25, 0.3) is 11.6 Å². The van der Waals surface area contributed by atoms with Crippen LogP contribution in [-0.2, 0) is 14.4 Å². The summed E-state index contributed by atoms with van der Waals surface area (Å²) in [5.41, 5.74) is 0.398. The Morgan fingerprint density at radius 2 is 1.79 bits per heavy atom. The van der Waals surface area contributed by atoms with Gasteiger partial charge in [-0.1, -0.05) is 22.0 Å². The third kappa shape index (κ3) is 3.01. The Morgan fingerprint density at radius 3 is 2.41 bits per heavy atom. The first-order chi connectivity index (χ1) is 13.8. The van der Waals surface area contributed by atoms with Crippen molar-refractivity contribution in [3.8, 4) is 0 Å². The van der Waals surface area contributed by atoms with Crippen LogP contribution in [0.25, 0.3) is 0 Å². The van der Waals surface area contributed by atoms with E-state index in [0.29, 0.717) is 5.69 Å². The molecule has 2 atom stereocenters. The molecule has 2 amide bonds. The number of nitro groups is 1. The maximum absolute atomic E-state index is 13.2. The number of fused-ring (bicyclic) bond motifs is 1. The van der Waals surface area contributed by atoms with Gasteiger partial charge in [-0.3, -0.25) is 29.5 Å². The van der Waals surface area contributed by atoms with Crippen LogP contribution in [0.1, 0.15) is 6.92 Å². The summed E-state index contributed by atoms with van der Waals surface area (Å²) in [5, 5.41) is 16.5. The highest BCUT2D eigenvalue weighted by Crippen LogP contribution is 2.38. The summed E-state index contributed by atoms with van der Waals surface area (Å²) in [6, 6.07) is 11.1. The van der Waals surface area contributed by atoms with E-state index in [1.54, 1.807) is 24.3 Å². The lowest BCUT2D eigenvalue weighted by molar-refractivity contribution is -0.384. The fourth-order valence-corrected chi connectivity index (χ4v) is 3.78. The number of hydrogen-bond donors (Lipinski definition) is 0. The summed E-state index contributed by atoms with van der Waals surface area (Å²) in [5.74, 6) is -2.60. The van der Waals surface area contributed by atoms with Crippen molar-refractivity contribution in [2.45, 2.75) is 13.0 Å². The second-order valence-electron chi connectivity index (χ2n) is 6.57. The minimum atomic E-state index is -1.08. The smallest absolute Gasteiger partial charge is 0.271 e. The van der Waals surface area contributed by atoms with E-state index >= 15 is 0 Å². The lowest BCUT2D eigenvalue weighted by Gasteiger charge is -2.22. The van der Waals surface area contributed by atoms with Gasteiger partial charge in [-0.2, -0.15) is 5.10 Å². The Labute approximate surface area is 172 Å². The molecule has 2 aromatic carbocycles. The number of amides is 2. The van der Waals surface area contributed by atoms with E-state index in [-0.39, 0.29) is 17.1 Å². The third-order valence-corrected chi connectivity index (χ3v) is 5.33. The number of nitro benzene ring substituents is 1. The average molecular weight is 457 g/mol. The molecule has 0 bridgehead atoms. The zero-order valence-corrected chi connectivity index (χ0v) is 16.6. The highest BCUT2D eigenvalue weighted by molar-refractivity contribution is 9.10. The van der Waals surface area contributed by atoms with Gasteiger partial charge in [0.1, 0.15) is 17.7 Å². The van der Waals surface area contributed by atoms with Crippen LogP contribution in [0.2, 0.25) is 0 Å². The number of non-ortho nitro benzene ring substituents is 1. The number of imide groups is 1. The molecule has 146 valence electrons. The van der Waals surface area contributed by atoms with Gasteiger partial charge in [0.2, 0.25) is 5.91 Å². The molecule has 2 aliphatic rings. The van der Waals surface area contributed by atoms with Crippen LogP contribution in [0, 0.1) is 16.0 Å². The number of Topliss-reactive ketones (excluding diaryl/α,β-unsaturated/α-hetero) is 1. The number of halogens is 1. The fraction of sp³-hybridized carbons (Fsp3) is 0.158. The number of benzene rings is 2. The quantitative estimate of drug-likeness (QED) is 0.396. The number of ketones is 1. The summed E-state index contributed by atoms with van der Waals surface area (Å²) >= 11 is 3.30. The molecule has 0 radical (unpaired) electrons. The standard InChI is InChI=1S/C19H13BrN4O5/c1-10(25)16-15-17(23(21-16)13-3-2-4-14(9-13)24(28)29)19(27)22(18(15)26)12-7-5-11(20)6-8-12/h2-9,15,17H,1H3/t15-,17-/m1/s1. The molecule has 10 heteroatoms. The van der Waals surface area contributed by atoms with Crippen LogP contribution in [0.15, 0.2) is 58.1 Å². The van der Waals surface area contributed by atoms with Crippen LogP contribution in [-0.4, -0.2) is 34.3 Å². The lowest BCUT2D eigenvalue weighted by Crippen LogP contribution is -2.39. The van der Waals surface area contributed by atoms with Gasteiger partial charge in [0, 0.05) is 23.5 Å². The number of rotatable bonds is 4. The van der Waals surface area contributed by atoms with Crippen molar-refractivity contribution in [3.05, 3.63) is 63.1 Å². The Hall–Kier alpha value is -3.40. The van der Waals surface area contributed by atoms with Crippen molar-refractivity contribution in [3.63, 3.8) is 0 Å². The Balaban J connectivity index is 1.80. The second-order valence-corrected chi connectivity index (χ2v) is 7.49. The Bertz CT molecular complexity index is 1100. The molecule has 0 unspecified atom stereocenters. The molecule has 0 spiro atoms. The zero-order valence-electron chi connectivity index (χ0n) is 15.0. The zero-order chi connectivity index (χ0) is 20.9. The van der Waals surface area contributed by atoms with E-state index in [1.807, 2.05) is 0 Å². The molecule has 4 rings (SSSR count). The molecule has 0 N–H and O–H groups in total. The predicted octanol–water partition coefficient (Wildman–Crippen LogP) is 2.68. The van der Waals surface area contributed by atoms with Gasteiger partial charge in [-0.05, 0) is 30.3 Å². The van der Waals surface area contributed by atoms with Crippen LogP contribution >= 0.6 is 15.9 Å². The molecule has 2 aliphatic heterocycles. The molecule has 9 nitrogen and oxygen atoms in total. The maximum Gasteiger partial charge on any atom is 0.271 e. The molecule has 0 aliphatic carbocycles. The minimum Gasteiger partial charge on any atom is -0.293 e. The Morgan fingerprint density at radius 1 is 1.10 bits per heavy atom. The first kappa shape index (κ1) is 18.9. The molecular formula is C19H13BrN4O5. The molecule has 29 heavy (non-hydrogen) atoms. The number of nitrogens with zero attached hydrogens (tertiary/aromatic N) is 4. The van der Waals surface area contributed by atoms with Crippen LogP contribution in [0.4, 0.5) is 17.1 Å². The highest BCUT2D eigenvalue weighted by Gasteiger charge is 2.58. The van der Waals surface area contributed by atoms with Crippen molar-refractivity contribution in [2.75, 3.05) is 9.91 Å². The number of carbonyl (C=O) groups excluding carboxylic acids is 3.